The van der Waals surface area contributed by atoms with E-state index in [1.807, 2.05) is 0 Å². The summed E-state index contributed by atoms with van der Waals surface area (Å²) in [5, 5.41) is 1.34. The van der Waals surface area contributed by atoms with Crippen molar-refractivity contribution in [1.29, 1.82) is 0 Å². The monoisotopic (exact) mass is 353 g/mol. The van der Waals surface area contributed by atoms with Gasteiger partial charge in [-0.1, -0.05) is 0 Å². The van der Waals surface area contributed by atoms with Crippen molar-refractivity contribution in [3.8, 4) is 5.75 Å². The van der Waals surface area contributed by atoms with E-state index in [2.05, 4.69) is 14.2 Å². The lowest BCUT2D eigenvalue weighted by Gasteiger charge is -2.33. The van der Waals surface area contributed by atoms with Crippen LogP contribution in [0.1, 0.15) is 13.8 Å². The lowest BCUT2D eigenvalue weighted by atomic mass is 10.2. The standard InChI is InChI=1S/C14H15F4NO5/c1-8(2)23-12(21)19-13(11(20)22-3,14(16,17)18)24-10-6-4-9(15)5-7-10/h4-8H,1-3H3,(H,19,21). The van der Waals surface area contributed by atoms with Gasteiger partial charge in [-0.15, -0.1) is 0 Å². The number of hydrogen-bond donors (Lipinski definition) is 1. The first-order valence-electron chi connectivity index (χ1n) is 6.60. The Hall–Kier alpha value is -2.52. The highest BCUT2D eigenvalue weighted by Crippen LogP contribution is 2.34. The van der Waals surface area contributed by atoms with Crippen LogP contribution in [0.2, 0.25) is 0 Å². The maximum atomic E-state index is 13.5. The Bertz CT molecular complexity index is 588. The van der Waals surface area contributed by atoms with Gasteiger partial charge in [0, 0.05) is 0 Å². The van der Waals surface area contributed by atoms with Gasteiger partial charge in [0.05, 0.1) is 13.2 Å². The molecule has 1 aromatic rings. The van der Waals surface area contributed by atoms with Gasteiger partial charge in [-0.05, 0) is 38.1 Å². The van der Waals surface area contributed by atoms with Crippen molar-refractivity contribution >= 4 is 12.1 Å². The molecule has 1 atom stereocenters. The van der Waals surface area contributed by atoms with Crippen LogP contribution in [-0.2, 0) is 14.3 Å². The maximum Gasteiger partial charge on any atom is 0.461 e. The first-order chi connectivity index (χ1) is 11.0. The molecule has 0 radical (unpaired) electrons. The zero-order chi connectivity index (χ0) is 18.5. The van der Waals surface area contributed by atoms with Crippen molar-refractivity contribution in [2.24, 2.45) is 0 Å². The second-order valence-corrected chi connectivity index (χ2v) is 4.81. The number of alkyl carbamates (subject to hydrolysis) is 1. The Labute approximate surface area is 134 Å². The van der Waals surface area contributed by atoms with Crippen molar-refractivity contribution in [2.75, 3.05) is 7.11 Å². The fourth-order valence-corrected chi connectivity index (χ4v) is 1.57. The number of halogens is 4. The zero-order valence-electron chi connectivity index (χ0n) is 12.9. The van der Waals surface area contributed by atoms with E-state index in [-0.39, 0.29) is 0 Å². The van der Waals surface area contributed by atoms with E-state index in [1.165, 1.54) is 19.2 Å². The fourth-order valence-electron chi connectivity index (χ4n) is 1.57. The van der Waals surface area contributed by atoms with E-state index in [9.17, 15) is 27.2 Å². The molecule has 0 spiro atoms. The van der Waals surface area contributed by atoms with Gasteiger partial charge in [0.2, 0.25) is 0 Å². The van der Waals surface area contributed by atoms with Crippen molar-refractivity contribution < 1.29 is 41.4 Å². The number of alkyl halides is 3. The Morgan fingerprint density at radius 3 is 2.08 bits per heavy atom. The Morgan fingerprint density at radius 2 is 1.67 bits per heavy atom. The van der Waals surface area contributed by atoms with E-state index in [0.29, 0.717) is 7.11 Å². The number of nitrogens with one attached hydrogen (secondary N) is 1. The van der Waals surface area contributed by atoms with Gasteiger partial charge in [-0.3, -0.25) is 5.32 Å². The van der Waals surface area contributed by atoms with Gasteiger partial charge in [0.15, 0.2) is 0 Å². The SMILES string of the molecule is COC(=O)C(NC(=O)OC(C)C)(Oc1ccc(F)cc1)C(F)(F)F. The second-order valence-electron chi connectivity index (χ2n) is 4.81. The molecule has 0 aromatic heterocycles. The largest absolute Gasteiger partial charge is 0.464 e. The highest BCUT2D eigenvalue weighted by molar-refractivity contribution is 5.85. The van der Waals surface area contributed by atoms with Crippen LogP contribution in [0.5, 0.6) is 5.75 Å². The summed E-state index contributed by atoms with van der Waals surface area (Å²) in [4.78, 5) is 23.4. The molecule has 10 heteroatoms. The first kappa shape index (κ1) is 19.5. The smallest absolute Gasteiger partial charge is 0.461 e. The molecule has 1 aromatic carbocycles. The molecule has 0 aliphatic rings. The van der Waals surface area contributed by atoms with Crippen LogP contribution < -0.4 is 10.1 Å². The van der Waals surface area contributed by atoms with Gasteiger partial charge in [0.25, 0.3) is 0 Å². The van der Waals surface area contributed by atoms with Crippen molar-refractivity contribution in [1.82, 2.24) is 5.32 Å². The highest BCUT2D eigenvalue weighted by atomic mass is 19.4. The van der Waals surface area contributed by atoms with E-state index in [4.69, 9.17) is 0 Å². The van der Waals surface area contributed by atoms with Gasteiger partial charge in [-0.25, -0.2) is 14.0 Å². The highest BCUT2D eigenvalue weighted by Gasteiger charge is 2.66. The van der Waals surface area contributed by atoms with Crippen molar-refractivity contribution in [3.05, 3.63) is 30.1 Å². The number of rotatable bonds is 5. The number of methoxy groups -OCH3 is 1. The normalized spacial score (nSPS) is 13.8. The fraction of sp³-hybridized carbons (Fsp3) is 0.429. The minimum atomic E-state index is -5.40. The number of amides is 1. The molecular weight excluding hydrogens is 338 g/mol. The molecule has 1 rings (SSSR count). The summed E-state index contributed by atoms with van der Waals surface area (Å²) in [6, 6.07) is 3.35. The number of hydrogen-bond acceptors (Lipinski definition) is 5. The molecule has 0 saturated heterocycles. The Morgan fingerprint density at radius 1 is 1.12 bits per heavy atom. The van der Waals surface area contributed by atoms with Gasteiger partial charge >= 0.3 is 24.0 Å². The van der Waals surface area contributed by atoms with Crippen LogP contribution in [0.25, 0.3) is 0 Å². The molecule has 0 saturated carbocycles. The topological polar surface area (TPSA) is 73.9 Å². The molecule has 1 unspecified atom stereocenters. The average Bonchev–Trinajstić information content (AvgIpc) is 2.45. The lowest BCUT2D eigenvalue weighted by Crippen LogP contribution is -2.68. The Balaban J connectivity index is 3.28. The molecule has 1 amide bonds. The molecule has 134 valence electrons. The summed E-state index contributed by atoms with van der Waals surface area (Å²) in [5.74, 6) is -3.19. The molecule has 0 aliphatic carbocycles. The molecule has 0 fully saturated rings. The van der Waals surface area contributed by atoms with Gasteiger partial charge in [0.1, 0.15) is 11.6 Å². The summed E-state index contributed by atoms with van der Waals surface area (Å²) < 4.78 is 66.7. The third-order valence-corrected chi connectivity index (χ3v) is 2.58. The first-order valence-corrected chi connectivity index (χ1v) is 6.60. The second kappa shape index (κ2) is 7.37. The third-order valence-electron chi connectivity index (χ3n) is 2.58. The summed E-state index contributed by atoms with van der Waals surface area (Å²) >= 11 is 0. The average molecular weight is 353 g/mol. The molecule has 24 heavy (non-hydrogen) atoms. The number of benzene rings is 1. The van der Waals surface area contributed by atoms with Crippen LogP contribution in [0.3, 0.4) is 0 Å². The van der Waals surface area contributed by atoms with E-state index in [1.54, 1.807) is 0 Å². The van der Waals surface area contributed by atoms with E-state index in [0.717, 1.165) is 24.3 Å². The molecule has 0 heterocycles. The van der Waals surface area contributed by atoms with Gasteiger partial charge < -0.3 is 14.2 Å². The van der Waals surface area contributed by atoms with Crippen LogP contribution in [0, 0.1) is 5.82 Å². The third kappa shape index (κ3) is 4.49. The van der Waals surface area contributed by atoms with Crippen LogP contribution in [-0.4, -0.2) is 37.2 Å². The summed E-state index contributed by atoms with van der Waals surface area (Å²) in [6.07, 6.45) is -7.70. The molecular formula is C14H15F4NO5. The zero-order valence-corrected chi connectivity index (χ0v) is 12.9. The summed E-state index contributed by atoms with van der Waals surface area (Å²) in [5.41, 5.74) is -3.86. The lowest BCUT2D eigenvalue weighted by molar-refractivity contribution is -0.259. The van der Waals surface area contributed by atoms with E-state index >= 15 is 0 Å². The Kier molecular flexibility index (Phi) is 5.99. The van der Waals surface area contributed by atoms with E-state index < -0.39 is 41.6 Å². The van der Waals surface area contributed by atoms with Crippen LogP contribution >= 0.6 is 0 Å². The molecule has 0 bridgehead atoms. The van der Waals surface area contributed by atoms with Crippen molar-refractivity contribution in [2.45, 2.75) is 31.9 Å². The summed E-state index contributed by atoms with van der Waals surface area (Å²) in [6.45, 7) is 2.79. The predicted molar refractivity (Wildman–Crippen MR) is 72.6 cm³/mol. The van der Waals surface area contributed by atoms with Crippen LogP contribution in [0.4, 0.5) is 22.4 Å². The predicted octanol–water partition coefficient (Wildman–Crippen LogP) is 2.77. The number of carbonyl (C=O) groups excluding carboxylic acids is 2. The maximum absolute atomic E-state index is 13.5. The molecule has 0 aliphatic heterocycles. The van der Waals surface area contributed by atoms with Crippen molar-refractivity contribution in [3.63, 3.8) is 0 Å². The molecule has 1 N–H and O–H groups in total. The minimum Gasteiger partial charge on any atom is -0.464 e. The quantitative estimate of drug-likeness (QED) is 0.501. The number of esters is 1. The van der Waals surface area contributed by atoms with Crippen LogP contribution in [0.15, 0.2) is 24.3 Å². The number of carbonyl (C=O) groups is 2. The summed E-state index contributed by atoms with van der Waals surface area (Å²) in [7, 11) is 0.687. The van der Waals surface area contributed by atoms with Gasteiger partial charge in [-0.2, -0.15) is 13.2 Å². The number of ether oxygens (including phenoxy) is 3. The minimum absolute atomic E-state index is 0.524. The molecule has 6 nitrogen and oxygen atoms in total.